The molecule has 0 heterocycles. The van der Waals surface area contributed by atoms with E-state index in [-0.39, 0.29) is 12.3 Å². The first-order chi connectivity index (χ1) is 8.19. The molecule has 0 aliphatic rings. The second-order valence-electron chi connectivity index (χ2n) is 3.48. The lowest BCUT2D eigenvalue weighted by molar-refractivity contribution is -0.234. The number of carbonyl (C=O) groups excluding carboxylic acids is 2. The molecule has 17 heavy (non-hydrogen) atoms. The summed E-state index contributed by atoms with van der Waals surface area (Å²) in [5, 5.41) is 10.8. The van der Waals surface area contributed by atoms with Gasteiger partial charge in [-0.2, -0.15) is 5.26 Å². The number of benzene rings is 1. The van der Waals surface area contributed by atoms with Crippen LogP contribution in [0.2, 0.25) is 0 Å². The molecular weight excluding hydrogens is 222 g/mol. The summed E-state index contributed by atoms with van der Waals surface area (Å²) in [5.74, 6) is -0.879. The lowest BCUT2D eigenvalue weighted by Gasteiger charge is -2.08. The van der Waals surface area contributed by atoms with Gasteiger partial charge in [0.15, 0.2) is 0 Å². The van der Waals surface area contributed by atoms with Gasteiger partial charge in [0.2, 0.25) is 0 Å². The number of aryl methyl sites for hydroxylation is 1. The van der Waals surface area contributed by atoms with Gasteiger partial charge >= 0.3 is 5.97 Å². The second kappa shape index (κ2) is 6.65. The van der Waals surface area contributed by atoms with E-state index in [4.69, 9.17) is 5.26 Å². The van der Waals surface area contributed by atoms with E-state index >= 15 is 0 Å². The Kier molecular flexibility index (Phi) is 5.16. The molecule has 0 aliphatic heterocycles. The average Bonchev–Trinajstić information content (AvgIpc) is 2.36. The molecule has 1 rings (SSSR count). The zero-order valence-corrected chi connectivity index (χ0v) is 9.60. The molecule has 2 N–H and O–H groups in total. The molecule has 5 heteroatoms. The van der Waals surface area contributed by atoms with Gasteiger partial charge in [0.05, 0.1) is 6.42 Å². The van der Waals surface area contributed by atoms with Crippen molar-refractivity contribution in [2.45, 2.75) is 19.8 Å². The standard InChI is InChI=1S/C12H15NO4/c1-2-13-12(15)10-6-4-3-5-9(10)7-8-11(14)17-16/h3-6,16H,2,7-8H2,1H3,(H,13,15). The predicted molar refractivity (Wildman–Crippen MR) is 61.5 cm³/mol. The fraction of sp³-hybridized carbons (Fsp3) is 0.333. The number of nitrogens with one attached hydrogen (secondary N) is 1. The van der Waals surface area contributed by atoms with Gasteiger partial charge in [-0.1, -0.05) is 18.2 Å². The molecule has 0 fully saturated rings. The third-order valence-corrected chi connectivity index (χ3v) is 2.30. The Hall–Kier alpha value is -1.88. The fourth-order valence-electron chi connectivity index (χ4n) is 1.50. The zero-order valence-electron chi connectivity index (χ0n) is 9.60. The molecule has 1 aromatic carbocycles. The van der Waals surface area contributed by atoms with E-state index < -0.39 is 5.97 Å². The molecule has 0 radical (unpaired) electrons. The number of amides is 1. The molecule has 1 amide bonds. The maximum atomic E-state index is 11.7. The van der Waals surface area contributed by atoms with Crippen molar-refractivity contribution in [1.82, 2.24) is 5.32 Å². The summed E-state index contributed by atoms with van der Waals surface area (Å²) in [7, 11) is 0. The van der Waals surface area contributed by atoms with Crippen molar-refractivity contribution in [3.8, 4) is 0 Å². The van der Waals surface area contributed by atoms with Crippen LogP contribution in [0.3, 0.4) is 0 Å². The van der Waals surface area contributed by atoms with Crippen LogP contribution in [0.25, 0.3) is 0 Å². The smallest absolute Gasteiger partial charge is 0.342 e. The Balaban J connectivity index is 2.77. The SMILES string of the molecule is CCNC(=O)c1ccccc1CCC(=O)OO. The van der Waals surface area contributed by atoms with E-state index in [0.29, 0.717) is 18.5 Å². The number of carbonyl (C=O) groups is 2. The Morgan fingerprint density at radius 1 is 1.35 bits per heavy atom. The van der Waals surface area contributed by atoms with E-state index in [1.54, 1.807) is 24.3 Å². The minimum absolute atomic E-state index is 0.0346. The van der Waals surface area contributed by atoms with Crippen molar-refractivity contribution in [1.29, 1.82) is 0 Å². The van der Waals surface area contributed by atoms with Crippen molar-refractivity contribution in [3.63, 3.8) is 0 Å². The van der Waals surface area contributed by atoms with Crippen LogP contribution in [-0.4, -0.2) is 23.7 Å². The summed E-state index contributed by atoms with van der Waals surface area (Å²) in [5.41, 5.74) is 1.30. The van der Waals surface area contributed by atoms with Gasteiger partial charge in [-0.25, -0.2) is 4.79 Å². The van der Waals surface area contributed by atoms with Gasteiger partial charge in [0.1, 0.15) is 0 Å². The lowest BCUT2D eigenvalue weighted by Crippen LogP contribution is -2.24. The Labute approximate surface area is 99.3 Å². The molecule has 0 saturated carbocycles. The summed E-state index contributed by atoms with van der Waals surface area (Å²) in [4.78, 5) is 26.1. The van der Waals surface area contributed by atoms with Crippen LogP contribution in [0.4, 0.5) is 0 Å². The molecule has 0 aromatic heterocycles. The number of rotatable bonds is 5. The van der Waals surface area contributed by atoms with Crippen LogP contribution in [0.1, 0.15) is 29.3 Å². The third-order valence-electron chi connectivity index (χ3n) is 2.30. The van der Waals surface area contributed by atoms with Gasteiger partial charge in [-0.15, -0.1) is 0 Å². The normalized spacial score (nSPS) is 9.76. The topological polar surface area (TPSA) is 75.6 Å². The molecular formula is C12H15NO4. The molecule has 92 valence electrons. The third kappa shape index (κ3) is 3.88. The zero-order chi connectivity index (χ0) is 12.7. The number of hydrogen-bond acceptors (Lipinski definition) is 4. The average molecular weight is 237 g/mol. The second-order valence-corrected chi connectivity index (χ2v) is 3.48. The van der Waals surface area contributed by atoms with E-state index in [1.165, 1.54) is 0 Å². The van der Waals surface area contributed by atoms with Gasteiger partial charge in [-0.3, -0.25) is 4.79 Å². The molecule has 0 saturated heterocycles. The maximum Gasteiger partial charge on any atom is 0.342 e. The van der Waals surface area contributed by atoms with Crippen molar-refractivity contribution in [2.24, 2.45) is 0 Å². The van der Waals surface area contributed by atoms with E-state index in [2.05, 4.69) is 10.2 Å². The van der Waals surface area contributed by atoms with Crippen LogP contribution < -0.4 is 5.32 Å². The highest BCUT2D eigenvalue weighted by molar-refractivity contribution is 5.95. The van der Waals surface area contributed by atoms with Crippen molar-refractivity contribution < 1.29 is 19.7 Å². The van der Waals surface area contributed by atoms with Crippen molar-refractivity contribution >= 4 is 11.9 Å². The van der Waals surface area contributed by atoms with Gasteiger partial charge in [0.25, 0.3) is 5.91 Å². The quantitative estimate of drug-likeness (QED) is 0.599. The summed E-state index contributed by atoms with van der Waals surface area (Å²) >= 11 is 0. The van der Waals surface area contributed by atoms with Gasteiger partial charge in [0, 0.05) is 12.1 Å². The van der Waals surface area contributed by atoms with Crippen LogP contribution in [0, 0.1) is 0 Å². The summed E-state index contributed by atoms with van der Waals surface area (Å²) in [6.07, 6.45) is 0.389. The first kappa shape index (κ1) is 13.2. The van der Waals surface area contributed by atoms with Crippen molar-refractivity contribution in [3.05, 3.63) is 35.4 Å². The molecule has 0 spiro atoms. The minimum Gasteiger partial charge on any atom is -0.352 e. The minimum atomic E-state index is -0.712. The summed E-state index contributed by atoms with van der Waals surface area (Å²) in [6.45, 7) is 2.38. The molecule has 5 nitrogen and oxygen atoms in total. The van der Waals surface area contributed by atoms with Crippen LogP contribution in [-0.2, 0) is 16.1 Å². The van der Waals surface area contributed by atoms with Gasteiger partial charge < -0.3 is 10.2 Å². The van der Waals surface area contributed by atoms with Crippen LogP contribution in [0.15, 0.2) is 24.3 Å². The van der Waals surface area contributed by atoms with Gasteiger partial charge in [-0.05, 0) is 25.0 Å². The first-order valence-corrected chi connectivity index (χ1v) is 5.39. The maximum absolute atomic E-state index is 11.7. The highest BCUT2D eigenvalue weighted by Gasteiger charge is 2.11. The Morgan fingerprint density at radius 2 is 2.06 bits per heavy atom. The van der Waals surface area contributed by atoms with E-state index in [9.17, 15) is 9.59 Å². The molecule has 0 bridgehead atoms. The first-order valence-electron chi connectivity index (χ1n) is 5.39. The molecule has 0 unspecified atom stereocenters. The van der Waals surface area contributed by atoms with E-state index in [0.717, 1.165) is 5.56 Å². The lowest BCUT2D eigenvalue weighted by atomic mass is 10.0. The molecule has 0 atom stereocenters. The Morgan fingerprint density at radius 3 is 2.71 bits per heavy atom. The fourth-order valence-corrected chi connectivity index (χ4v) is 1.50. The van der Waals surface area contributed by atoms with Crippen molar-refractivity contribution in [2.75, 3.05) is 6.54 Å². The summed E-state index contributed by atoms with van der Waals surface area (Å²) < 4.78 is 0. The van der Waals surface area contributed by atoms with Crippen LogP contribution >= 0.6 is 0 Å². The van der Waals surface area contributed by atoms with Crippen LogP contribution in [0.5, 0.6) is 0 Å². The largest absolute Gasteiger partial charge is 0.352 e. The molecule has 1 aromatic rings. The molecule has 0 aliphatic carbocycles. The monoisotopic (exact) mass is 237 g/mol. The summed E-state index contributed by atoms with van der Waals surface area (Å²) in [6, 6.07) is 7.03. The van der Waals surface area contributed by atoms with E-state index in [1.807, 2.05) is 6.92 Å². The highest BCUT2D eigenvalue weighted by atomic mass is 17.1. The highest BCUT2D eigenvalue weighted by Crippen LogP contribution is 2.11. The Bertz CT molecular complexity index is 403. The number of hydrogen-bond donors (Lipinski definition) is 2. The predicted octanol–water partition coefficient (Wildman–Crippen LogP) is 1.39.